The Bertz CT molecular complexity index is 120. The van der Waals surface area contributed by atoms with Gasteiger partial charge >= 0.3 is 21.7 Å². The van der Waals surface area contributed by atoms with Crippen LogP contribution in [0.15, 0.2) is 0 Å². The fraction of sp³-hybridized carbons (Fsp3) is 1.00. The zero-order valence-electron chi connectivity index (χ0n) is 15.3. The normalized spacial score (nSPS) is 9.47. The third-order valence-electron chi connectivity index (χ3n) is 0.671. The standard InChI is InChI=1S/C6H18NSi2.3C2H6N.Ti/c1-8(2,3)7-9(4,5)6;3*1-3-2;/h1-6H3;3*1-2H3;/q4*-1;+4. The Kier molecular flexibility index (Phi) is 35.9. The van der Waals surface area contributed by atoms with Crippen LogP contribution in [-0.2, 0) is 21.7 Å². The van der Waals surface area contributed by atoms with Crippen LogP contribution in [0.4, 0.5) is 0 Å². The van der Waals surface area contributed by atoms with Crippen LogP contribution in [0.3, 0.4) is 0 Å². The van der Waals surface area contributed by atoms with Crippen molar-refractivity contribution < 1.29 is 21.7 Å². The SMILES string of the molecule is C[N-]C.C[N-]C.C[N-]C.C[Si](C)(C)[N-][Si](C)(C)C.[Ti+4]. The molecule has 0 N–H and O–H groups in total. The van der Waals surface area contributed by atoms with Crippen molar-refractivity contribution in [2.75, 3.05) is 42.3 Å². The first-order chi connectivity index (χ1) is 7.95. The molecular formula is C12H36N4Si2Ti. The molecule has 0 bridgehead atoms. The second-order valence-electron chi connectivity index (χ2n) is 5.80. The van der Waals surface area contributed by atoms with Gasteiger partial charge in [-0.1, -0.05) is 55.8 Å². The molecule has 0 fully saturated rings. The van der Waals surface area contributed by atoms with Crippen molar-refractivity contribution >= 4 is 16.5 Å². The molecule has 0 heterocycles. The third kappa shape index (κ3) is 112. The molecule has 0 unspecified atom stereocenters. The van der Waals surface area contributed by atoms with E-state index < -0.39 is 16.5 Å². The Morgan fingerprint density at radius 1 is 0.474 bits per heavy atom. The molecule has 0 aromatic rings. The fourth-order valence-electron chi connectivity index (χ4n) is 1.01. The molecule has 0 aromatic carbocycles. The van der Waals surface area contributed by atoms with Gasteiger partial charge < -0.3 is 20.6 Å². The molecule has 116 valence electrons. The van der Waals surface area contributed by atoms with E-state index in [1.165, 1.54) is 0 Å². The molecule has 0 atom stereocenters. The quantitative estimate of drug-likeness (QED) is 0.643. The van der Waals surface area contributed by atoms with Gasteiger partial charge in [-0.2, -0.15) is 42.3 Å². The molecule has 0 rings (SSSR count). The van der Waals surface area contributed by atoms with Gasteiger partial charge in [0, 0.05) is 0 Å². The van der Waals surface area contributed by atoms with E-state index in [2.05, 4.69) is 55.2 Å². The van der Waals surface area contributed by atoms with Crippen molar-refractivity contribution in [3.8, 4) is 0 Å². The minimum Gasteiger partial charge on any atom is -0.668 e. The Labute approximate surface area is 140 Å². The summed E-state index contributed by atoms with van der Waals surface area (Å²) in [6, 6.07) is 0. The summed E-state index contributed by atoms with van der Waals surface area (Å²) in [7, 11) is 8.29. The Morgan fingerprint density at radius 2 is 0.579 bits per heavy atom. The van der Waals surface area contributed by atoms with Crippen LogP contribution in [0.2, 0.25) is 39.3 Å². The maximum atomic E-state index is 4.82. The average Bonchev–Trinajstić information content (AvgIpc) is 2.00. The number of nitrogens with zero attached hydrogens (tertiary/aromatic N) is 4. The molecule has 0 aliphatic rings. The van der Waals surface area contributed by atoms with Crippen LogP contribution in [0.25, 0.3) is 20.6 Å². The van der Waals surface area contributed by atoms with Crippen molar-refractivity contribution in [3.63, 3.8) is 0 Å². The van der Waals surface area contributed by atoms with Crippen molar-refractivity contribution in [1.82, 2.24) is 0 Å². The van der Waals surface area contributed by atoms with Gasteiger partial charge in [-0.25, -0.2) is 0 Å². The first-order valence-electron chi connectivity index (χ1n) is 6.13. The summed E-state index contributed by atoms with van der Waals surface area (Å²) in [5, 5.41) is 10.5. The van der Waals surface area contributed by atoms with Crippen LogP contribution >= 0.6 is 0 Å². The summed E-state index contributed by atoms with van der Waals surface area (Å²) in [6.45, 7) is 13.8. The summed E-state index contributed by atoms with van der Waals surface area (Å²) in [5.41, 5.74) is 0. The van der Waals surface area contributed by atoms with E-state index in [0.29, 0.717) is 0 Å². The summed E-state index contributed by atoms with van der Waals surface area (Å²) in [6.07, 6.45) is 0. The number of hydrogen-bond acceptors (Lipinski definition) is 0. The molecule has 19 heavy (non-hydrogen) atoms. The van der Waals surface area contributed by atoms with E-state index in [-0.39, 0.29) is 21.7 Å². The van der Waals surface area contributed by atoms with Gasteiger partial charge in [0.05, 0.1) is 0 Å². The van der Waals surface area contributed by atoms with Crippen LogP contribution in [0.5, 0.6) is 0 Å². The van der Waals surface area contributed by atoms with Gasteiger partial charge in [0.2, 0.25) is 0 Å². The van der Waals surface area contributed by atoms with E-state index in [1.807, 2.05) is 0 Å². The van der Waals surface area contributed by atoms with Crippen molar-refractivity contribution in [2.45, 2.75) is 39.3 Å². The van der Waals surface area contributed by atoms with Crippen LogP contribution in [0.1, 0.15) is 0 Å². The topological polar surface area (TPSA) is 56.4 Å². The second-order valence-corrected chi connectivity index (χ2v) is 15.4. The summed E-state index contributed by atoms with van der Waals surface area (Å²) >= 11 is 0. The fourth-order valence-corrected chi connectivity index (χ4v) is 9.06. The smallest absolute Gasteiger partial charge is 0.668 e. The maximum Gasteiger partial charge on any atom is 4.00 e. The molecule has 0 aliphatic heterocycles. The van der Waals surface area contributed by atoms with Crippen molar-refractivity contribution in [1.29, 1.82) is 0 Å². The Balaban J connectivity index is -0.0000000548. The molecule has 7 heteroatoms. The number of rotatable bonds is 2. The molecule has 0 amide bonds. The summed E-state index contributed by atoms with van der Waals surface area (Å²) < 4.78 is 4.82. The molecule has 0 aliphatic carbocycles. The minimum atomic E-state index is -1.11. The maximum absolute atomic E-state index is 4.82. The van der Waals surface area contributed by atoms with Gasteiger partial charge in [-0.15, -0.1) is 0 Å². The molecule has 0 saturated carbocycles. The van der Waals surface area contributed by atoms with Gasteiger partial charge in [0.1, 0.15) is 0 Å². The van der Waals surface area contributed by atoms with E-state index in [9.17, 15) is 0 Å². The van der Waals surface area contributed by atoms with Gasteiger partial charge in [0.15, 0.2) is 0 Å². The summed E-state index contributed by atoms with van der Waals surface area (Å²) in [4.78, 5) is 0. The monoisotopic (exact) mass is 340 g/mol. The molecule has 4 nitrogen and oxygen atoms in total. The van der Waals surface area contributed by atoms with E-state index >= 15 is 0 Å². The molecule has 0 spiro atoms. The van der Waals surface area contributed by atoms with E-state index in [0.717, 1.165) is 0 Å². The summed E-state index contributed by atoms with van der Waals surface area (Å²) in [5.74, 6) is 0. The molecule has 0 aromatic heterocycles. The first-order valence-corrected chi connectivity index (χ1v) is 13.0. The predicted octanol–water partition coefficient (Wildman–Crippen LogP) is 4.89. The number of hydrogen-bond donors (Lipinski definition) is 0. The zero-order chi connectivity index (χ0) is 15.8. The molecular weight excluding hydrogens is 304 g/mol. The van der Waals surface area contributed by atoms with Crippen molar-refractivity contribution in [2.24, 2.45) is 0 Å². The minimum absolute atomic E-state index is 0. The third-order valence-corrected chi connectivity index (χ3v) is 6.04. The predicted molar refractivity (Wildman–Crippen MR) is 95.7 cm³/mol. The van der Waals surface area contributed by atoms with Gasteiger partial charge in [-0.05, 0) is 0 Å². The van der Waals surface area contributed by atoms with Crippen LogP contribution in [-0.4, -0.2) is 58.8 Å². The second kappa shape index (κ2) is 21.3. The largest absolute Gasteiger partial charge is 4.00 e. The molecule has 0 saturated heterocycles. The first kappa shape index (κ1) is 32.1. The Hall–Kier alpha value is 0.988. The van der Waals surface area contributed by atoms with E-state index in [1.54, 1.807) is 42.3 Å². The van der Waals surface area contributed by atoms with Crippen molar-refractivity contribution in [3.05, 3.63) is 20.6 Å². The average molecular weight is 340 g/mol. The van der Waals surface area contributed by atoms with Crippen LogP contribution < -0.4 is 0 Å². The van der Waals surface area contributed by atoms with Gasteiger partial charge in [0.25, 0.3) is 0 Å². The molecule has 0 radical (unpaired) electrons. The van der Waals surface area contributed by atoms with E-state index in [4.69, 9.17) is 4.65 Å². The zero-order valence-corrected chi connectivity index (χ0v) is 18.9. The Morgan fingerprint density at radius 3 is 0.579 bits per heavy atom. The van der Waals surface area contributed by atoms with Crippen LogP contribution in [0, 0.1) is 0 Å². The van der Waals surface area contributed by atoms with Gasteiger partial charge in [-0.3, -0.25) is 0 Å².